The molecule has 2 heterocycles. The Labute approximate surface area is 159 Å². The molecule has 0 saturated carbocycles. The first-order valence-electron chi connectivity index (χ1n) is 8.73. The van der Waals surface area contributed by atoms with E-state index in [0.29, 0.717) is 5.76 Å². The molecular formula is C21H17N3O4. The molecule has 2 N–H and O–H groups in total. The molecule has 4 rings (SSSR count). The summed E-state index contributed by atoms with van der Waals surface area (Å²) < 4.78 is 7.08. The smallest absolute Gasteiger partial charge is 0.328 e. The Hall–Kier alpha value is -3.87. The highest BCUT2D eigenvalue weighted by Crippen LogP contribution is 2.28. The standard InChI is InChI=1S/C21H17N3O4/c25-18-10-11-24(21(27)23-18)13-19(26)22-20(14-6-2-1-3-7-14)17-12-15-8-4-5-9-16(15)28-17/h1-12,20H,13H2,(H,22,26)(H,23,25,27). The quantitative estimate of drug-likeness (QED) is 0.559. The molecule has 1 unspecified atom stereocenters. The van der Waals surface area contributed by atoms with Gasteiger partial charge >= 0.3 is 5.69 Å². The fraction of sp³-hybridized carbons (Fsp3) is 0.0952. The molecule has 0 radical (unpaired) electrons. The lowest BCUT2D eigenvalue weighted by atomic mass is 10.0. The van der Waals surface area contributed by atoms with Crippen LogP contribution in [0.15, 0.2) is 86.9 Å². The molecule has 1 amide bonds. The lowest BCUT2D eigenvalue weighted by Gasteiger charge is -2.17. The summed E-state index contributed by atoms with van der Waals surface area (Å²) in [5.41, 5.74) is 0.432. The predicted molar refractivity (Wildman–Crippen MR) is 104 cm³/mol. The van der Waals surface area contributed by atoms with E-state index in [0.717, 1.165) is 21.1 Å². The summed E-state index contributed by atoms with van der Waals surface area (Å²) in [4.78, 5) is 37.8. The second kappa shape index (κ2) is 7.40. The minimum absolute atomic E-state index is 0.223. The number of amides is 1. The highest BCUT2D eigenvalue weighted by Gasteiger charge is 2.21. The number of benzene rings is 2. The molecule has 7 nitrogen and oxygen atoms in total. The number of hydrogen-bond donors (Lipinski definition) is 2. The van der Waals surface area contributed by atoms with Crippen LogP contribution in [0.4, 0.5) is 0 Å². The van der Waals surface area contributed by atoms with Crippen LogP contribution in [0.3, 0.4) is 0 Å². The highest BCUT2D eigenvalue weighted by molar-refractivity contribution is 5.79. The number of fused-ring (bicyclic) bond motifs is 1. The number of rotatable bonds is 5. The molecule has 4 aromatic rings. The van der Waals surface area contributed by atoms with Crippen molar-refractivity contribution < 1.29 is 9.21 Å². The summed E-state index contributed by atoms with van der Waals surface area (Å²) in [6.07, 6.45) is 1.29. The summed E-state index contributed by atoms with van der Waals surface area (Å²) in [6, 6.07) is 19.6. The number of nitrogens with zero attached hydrogens (tertiary/aromatic N) is 1. The van der Waals surface area contributed by atoms with Gasteiger partial charge in [0.25, 0.3) is 5.56 Å². The fourth-order valence-electron chi connectivity index (χ4n) is 3.04. The molecular weight excluding hydrogens is 358 g/mol. The van der Waals surface area contributed by atoms with E-state index in [2.05, 4.69) is 10.3 Å². The number of aromatic amines is 1. The van der Waals surface area contributed by atoms with Gasteiger partial charge in [-0.2, -0.15) is 0 Å². The Balaban J connectivity index is 1.65. The Morgan fingerprint density at radius 1 is 1.04 bits per heavy atom. The zero-order chi connectivity index (χ0) is 19.5. The first-order valence-corrected chi connectivity index (χ1v) is 8.73. The zero-order valence-corrected chi connectivity index (χ0v) is 14.8. The van der Waals surface area contributed by atoms with E-state index in [-0.39, 0.29) is 12.5 Å². The van der Waals surface area contributed by atoms with Gasteiger partial charge in [0.1, 0.15) is 23.9 Å². The summed E-state index contributed by atoms with van der Waals surface area (Å²) in [5, 5.41) is 3.85. The Kier molecular flexibility index (Phi) is 4.63. The van der Waals surface area contributed by atoms with Crippen molar-refractivity contribution in [3.8, 4) is 0 Å². The van der Waals surface area contributed by atoms with Crippen LogP contribution >= 0.6 is 0 Å². The maximum absolute atomic E-state index is 12.6. The highest BCUT2D eigenvalue weighted by atomic mass is 16.3. The van der Waals surface area contributed by atoms with Gasteiger partial charge in [-0.15, -0.1) is 0 Å². The van der Waals surface area contributed by atoms with Crippen LogP contribution in [-0.2, 0) is 11.3 Å². The van der Waals surface area contributed by atoms with Crippen LogP contribution in [0.2, 0.25) is 0 Å². The van der Waals surface area contributed by atoms with Crippen LogP contribution < -0.4 is 16.6 Å². The predicted octanol–water partition coefficient (Wildman–Crippen LogP) is 2.19. The molecule has 0 spiro atoms. The lowest BCUT2D eigenvalue weighted by Crippen LogP contribution is -2.37. The average molecular weight is 375 g/mol. The van der Waals surface area contributed by atoms with Crippen molar-refractivity contribution in [3.63, 3.8) is 0 Å². The number of para-hydroxylation sites is 1. The van der Waals surface area contributed by atoms with Gasteiger partial charge in [0.05, 0.1) is 0 Å². The van der Waals surface area contributed by atoms with Gasteiger partial charge in [0.2, 0.25) is 5.91 Å². The molecule has 1 atom stereocenters. The third-order valence-corrected chi connectivity index (χ3v) is 4.38. The largest absolute Gasteiger partial charge is 0.459 e. The van der Waals surface area contributed by atoms with E-state index in [4.69, 9.17) is 4.42 Å². The molecule has 7 heteroatoms. The van der Waals surface area contributed by atoms with Gasteiger partial charge < -0.3 is 9.73 Å². The number of aromatic nitrogens is 2. The van der Waals surface area contributed by atoms with Crippen molar-refractivity contribution >= 4 is 16.9 Å². The van der Waals surface area contributed by atoms with Crippen molar-refractivity contribution in [2.45, 2.75) is 12.6 Å². The minimum Gasteiger partial charge on any atom is -0.459 e. The SMILES string of the molecule is O=C(Cn1ccc(=O)[nH]c1=O)NC(c1ccccc1)c1cc2ccccc2o1. The molecule has 0 aliphatic heterocycles. The molecule has 0 aliphatic carbocycles. The van der Waals surface area contributed by atoms with Crippen molar-refractivity contribution in [1.29, 1.82) is 0 Å². The second-order valence-corrected chi connectivity index (χ2v) is 6.34. The van der Waals surface area contributed by atoms with Crippen molar-refractivity contribution in [2.24, 2.45) is 0 Å². The minimum atomic E-state index is -0.636. The number of H-pyrrole nitrogens is 1. The van der Waals surface area contributed by atoms with E-state index in [1.807, 2.05) is 60.7 Å². The van der Waals surface area contributed by atoms with E-state index in [1.54, 1.807) is 0 Å². The van der Waals surface area contributed by atoms with Gasteiger partial charge in [-0.1, -0.05) is 48.5 Å². The average Bonchev–Trinajstić information content (AvgIpc) is 3.13. The van der Waals surface area contributed by atoms with Crippen LogP contribution in [-0.4, -0.2) is 15.5 Å². The Bertz CT molecular complexity index is 1200. The third-order valence-electron chi connectivity index (χ3n) is 4.38. The summed E-state index contributed by atoms with van der Waals surface area (Å²) >= 11 is 0. The number of nitrogens with one attached hydrogen (secondary N) is 2. The van der Waals surface area contributed by atoms with E-state index in [1.165, 1.54) is 12.3 Å². The van der Waals surface area contributed by atoms with E-state index >= 15 is 0 Å². The van der Waals surface area contributed by atoms with Gasteiger partial charge in [0.15, 0.2) is 0 Å². The Morgan fingerprint density at radius 3 is 2.54 bits per heavy atom. The third kappa shape index (κ3) is 3.64. The molecule has 140 valence electrons. The molecule has 0 saturated heterocycles. The molecule has 28 heavy (non-hydrogen) atoms. The van der Waals surface area contributed by atoms with E-state index < -0.39 is 17.3 Å². The van der Waals surface area contributed by atoms with Crippen molar-refractivity contribution in [2.75, 3.05) is 0 Å². The normalized spacial score (nSPS) is 12.0. The summed E-state index contributed by atoms with van der Waals surface area (Å²) in [5.74, 6) is 0.207. The Morgan fingerprint density at radius 2 is 1.79 bits per heavy atom. The van der Waals surface area contributed by atoms with Crippen molar-refractivity contribution in [3.05, 3.63) is 105 Å². The van der Waals surface area contributed by atoms with E-state index in [9.17, 15) is 14.4 Å². The van der Waals surface area contributed by atoms with Gasteiger partial charge in [0, 0.05) is 17.6 Å². The maximum Gasteiger partial charge on any atom is 0.328 e. The van der Waals surface area contributed by atoms with Gasteiger partial charge in [-0.05, 0) is 17.7 Å². The van der Waals surface area contributed by atoms with Gasteiger partial charge in [-0.25, -0.2) is 4.79 Å². The number of hydrogen-bond acceptors (Lipinski definition) is 4. The van der Waals surface area contributed by atoms with Crippen LogP contribution in [0.1, 0.15) is 17.4 Å². The van der Waals surface area contributed by atoms with Crippen LogP contribution in [0.5, 0.6) is 0 Å². The molecule has 0 bridgehead atoms. The molecule has 2 aromatic heterocycles. The first-order chi connectivity index (χ1) is 13.6. The lowest BCUT2D eigenvalue weighted by molar-refractivity contribution is -0.122. The molecule has 0 aliphatic rings. The summed E-state index contributed by atoms with van der Waals surface area (Å²) in [6.45, 7) is -0.223. The summed E-state index contributed by atoms with van der Waals surface area (Å²) in [7, 11) is 0. The molecule has 2 aromatic carbocycles. The number of carbonyl (C=O) groups is 1. The molecule has 0 fully saturated rings. The first kappa shape index (κ1) is 17.5. The topological polar surface area (TPSA) is 97.1 Å². The number of carbonyl (C=O) groups excluding carboxylic acids is 1. The zero-order valence-electron chi connectivity index (χ0n) is 14.8. The second-order valence-electron chi connectivity index (χ2n) is 6.34. The fourth-order valence-corrected chi connectivity index (χ4v) is 3.04. The van der Waals surface area contributed by atoms with Gasteiger partial charge in [-0.3, -0.25) is 19.1 Å². The van der Waals surface area contributed by atoms with Crippen LogP contribution in [0, 0.1) is 0 Å². The van der Waals surface area contributed by atoms with Crippen LogP contribution in [0.25, 0.3) is 11.0 Å². The van der Waals surface area contributed by atoms with Crippen molar-refractivity contribution in [1.82, 2.24) is 14.9 Å². The number of furan rings is 1. The maximum atomic E-state index is 12.6. The monoisotopic (exact) mass is 375 g/mol.